The van der Waals surface area contributed by atoms with Gasteiger partial charge in [0.05, 0.1) is 11.9 Å². The maximum absolute atomic E-state index is 10.9. The van der Waals surface area contributed by atoms with Crippen molar-refractivity contribution in [3.8, 4) is 0 Å². The molecule has 0 unspecified atom stereocenters. The highest BCUT2D eigenvalue weighted by atomic mass is 127. The molecule has 0 amide bonds. The van der Waals surface area contributed by atoms with Crippen LogP contribution in [-0.4, -0.2) is 17.1 Å². The average Bonchev–Trinajstić information content (AvgIpc) is 2.15. The zero-order chi connectivity index (χ0) is 10.6. The Morgan fingerprint density at radius 2 is 2.36 bits per heavy atom. The van der Waals surface area contributed by atoms with Gasteiger partial charge in [0, 0.05) is 21.0 Å². The van der Waals surface area contributed by atoms with Gasteiger partial charge in [-0.1, -0.05) is 13.8 Å². The predicted molar refractivity (Wildman–Crippen MR) is 63.1 cm³/mol. The lowest BCUT2D eigenvalue weighted by Gasteiger charge is -2.19. The number of nitrogens with zero attached hydrogens (tertiary/aromatic N) is 1. The summed E-state index contributed by atoms with van der Waals surface area (Å²) in [5, 5.41) is 11.9. The first-order chi connectivity index (χ1) is 6.61. The highest BCUT2D eigenvalue weighted by Gasteiger charge is 2.21. The van der Waals surface area contributed by atoms with Gasteiger partial charge >= 0.3 is 5.97 Å². The molecule has 1 atom stereocenters. The van der Waals surface area contributed by atoms with Crippen LogP contribution in [0.15, 0.2) is 25.2 Å². The number of halogens is 1. The Morgan fingerprint density at radius 1 is 1.64 bits per heavy atom. The average molecular weight is 308 g/mol. The molecule has 0 fully saturated rings. The van der Waals surface area contributed by atoms with Crippen molar-refractivity contribution >= 4 is 27.0 Å². The summed E-state index contributed by atoms with van der Waals surface area (Å²) in [6.07, 6.45) is 3.62. The van der Waals surface area contributed by atoms with Crippen molar-refractivity contribution in [2.45, 2.75) is 19.9 Å². The second kappa shape index (κ2) is 5.23. The van der Waals surface area contributed by atoms with E-state index in [0.29, 0.717) is 0 Å². The van der Waals surface area contributed by atoms with Gasteiger partial charge in [0.1, 0.15) is 6.04 Å². The summed E-state index contributed by atoms with van der Waals surface area (Å²) < 4.78 is 6.14. The van der Waals surface area contributed by atoms with Crippen LogP contribution in [0.4, 0.5) is 0 Å². The lowest BCUT2D eigenvalue weighted by Crippen LogP contribution is -2.40. The molecule has 0 aliphatic carbocycles. The van der Waals surface area contributed by atoms with Crippen molar-refractivity contribution < 1.29 is 9.90 Å². The number of aliphatic carboxylic acids is 1. The van der Waals surface area contributed by atoms with Gasteiger partial charge in [0.2, 0.25) is 0 Å². The molecule has 1 aliphatic heterocycles. The van der Waals surface area contributed by atoms with E-state index in [0.717, 1.165) is 5.70 Å². The fourth-order valence-electron chi connectivity index (χ4n) is 1.03. The van der Waals surface area contributed by atoms with Crippen LogP contribution in [0.2, 0.25) is 0 Å². The van der Waals surface area contributed by atoms with Crippen LogP contribution < -0.4 is 5.32 Å². The van der Waals surface area contributed by atoms with E-state index in [1.54, 1.807) is 6.20 Å². The topological polar surface area (TPSA) is 61.7 Å². The quantitative estimate of drug-likeness (QED) is 0.783. The molecule has 0 bridgehead atoms. The van der Waals surface area contributed by atoms with Crippen molar-refractivity contribution in [1.82, 2.24) is 5.32 Å². The standard InChI is InChI=1S/C9H13IN2O2/c1-6(2)8(9(13)14)12-7-3-4-10-11-5-7/h3-6,8,12H,1-2H3,(H,13,14)/t8-/m0/s1. The van der Waals surface area contributed by atoms with E-state index < -0.39 is 12.0 Å². The van der Waals surface area contributed by atoms with Crippen LogP contribution in [0.1, 0.15) is 13.8 Å². The third-order valence-electron chi connectivity index (χ3n) is 1.80. The number of hydrogen-bond donors (Lipinski definition) is 2. The van der Waals surface area contributed by atoms with E-state index >= 15 is 0 Å². The highest BCUT2D eigenvalue weighted by Crippen LogP contribution is 2.14. The second-order valence-electron chi connectivity index (χ2n) is 3.28. The van der Waals surface area contributed by atoms with Crippen molar-refractivity contribution in [3.63, 3.8) is 0 Å². The maximum Gasteiger partial charge on any atom is 0.326 e. The maximum atomic E-state index is 10.9. The van der Waals surface area contributed by atoms with E-state index in [1.807, 2.05) is 24.0 Å². The summed E-state index contributed by atoms with van der Waals surface area (Å²) in [7, 11) is 0. The zero-order valence-electron chi connectivity index (χ0n) is 8.07. The van der Waals surface area contributed by atoms with E-state index in [2.05, 4.69) is 8.46 Å². The molecule has 2 N–H and O–H groups in total. The fraction of sp³-hybridized carbons (Fsp3) is 0.444. The molecule has 4 nitrogen and oxygen atoms in total. The molecule has 0 spiro atoms. The largest absolute Gasteiger partial charge is 0.480 e. The molecule has 14 heavy (non-hydrogen) atoms. The van der Waals surface area contributed by atoms with Gasteiger partial charge in [-0.15, -0.1) is 0 Å². The molecule has 1 aliphatic rings. The van der Waals surface area contributed by atoms with Gasteiger partial charge in [-0.2, -0.15) is 0 Å². The van der Waals surface area contributed by atoms with Crippen LogP contribution in [0.25, 0.3) is 0 Å². The Balaban J connectivity index is 2.65. The molecule has 78 valence electrons. The molecule has 0 aromatic carbocycles. The smallest absolute Gasteiger partial charge is 0.326 e. The first-order valence-corrected chi connectivity index (χ1v) is 6.51. The molecular formula is C9H13IN2O2. The normalized spacial score (nSPS) is 17.2. The molecule has 1 heterocycles. The third-order valence-corrected chi connectivity index (χ3v) is 3.08. The monoisotopic (exact) mass is 308 g/mol. The minimum absolute atomic E-state index is 0.0541. The number of carboxylic acid groups (broad SMARTS) is 1. The summed E-state index contributed by atoms with van der Waals surface area (Å²) in [6.45, 7) is 3.76. The number of carboxylic acids is 1. The number of rotatable bonds is 4. The van der Waals surface area contributed by atoms with E-state index in [1.165, 1.54) is 0 Å². The lowest BCUT2D eigenvalue weighted by molar-refractivity contribution is -0.140. The van der Waals surface area contributed by atoms with Gasteiger partial charge in [-0.25, -0.2) is 7.94 Å². The fourth-order valence-corrected chi connectivity index (χ4v) is 2.23. The zero-order valence-corrected chi connectivity index (χ0v) is 10.2. The highest BCUT2D eigenvalue weighted by molar-refractivity contribution is 14.2. The SMILES string of the molecule is CC(C)[C@H](NC1=CN=IC=C1)C(=O)O. The number of hydrogen-bond acceptors (Lipinski definition) is 3. The van der Waals surface area contributed by atoms with Crippen LogP contribution in [0.5, 0.6) is 0 Å². The first kappa shape index (κ1) is 11.4. The van der Waals surface area contributed by atoms with Gasteiger partial charge in [-0.05, 0) is 16.1 Å². The third kappa shape index (κ3) is 3.21. The molecule has 0 radical (unpaired) electrons. The van der Waals surface area contributed by atoms with Gasteiger partial charge in [0.25, 0.3) is 0 Å². The molecular weight excluding hydrogens is 295 g/mol. The van der Waals surface area contributed by atoms with Crippen LogP contribution >= 0.6 is 21.0 Å². The Bertz CT molecular complexity index is 308. The summed E-state index contributed by atoms with van der Waals surface area (Å²) in [5.41, 5.74) is 0.789. The molecule has 0 saturated carbocycles. The number of carbonyl (C=O) groups is 1. The lowest BCUT2D eigenvalue weighted by atomic mass is 10.0. The van der Waals surface area contributed by atoms with Gasteiger partial charge in [-0.3, -0.25) is 0 Å². The Morgan fingerprint density at radius 3 is 2.79 bits per heavy atom. The summed E-state index contributed by atoms with van der Waals surface area (Å²) in [6, 6.07) is -0.544. The summed E-state index contributed by atoms with van der Waals surface area (Å²) in [4.78, 5) is 10.9. The number of allylic oxidation sites excluding steroid dienone is 1. The number of nitrogens with one attached hydrogen (secondary N) is 1. The van der Waals surface area contributed by atoms with Crippen LogP contribution in [0.3, 0.4) is 0 Å². The van der Waals surface area contributed by atoms with Crippen molar-refractivity contribution in [2.24, 2.45) is 9.06 Å². The second-order valence-corrected chi connectivity index (χ2v) is 5.11. The van der Waals surface area contributed by atoms with Gasteiger partial charge < -0.3 is 10.4 Å². The first-order valence-electron chi connectivity index (χ1n) is 4.30. The van der Waals surface area contributed by atoms with Crippen molar-refractivity contribution in [1.29, 1.82) is 0 Å². The Hall–Kier alpha value is -0.720. The molecule has 0 aromatic rings. The van der Waals surface area contributed by atoms with Gasteiger partial charge in [0.15, 0.2) is 0 Å². The molecule has 1 rings (SSSR count). The molecule has 0 aromatic heterocycles. The summed E-state index contributed by atoms with van der Waals surface area (Å²) >= 11 is -0.189. The Kier molecular flexibility index (Phi) is 4.24. The summed E-state index contributed by atoms with van der Waals surface area (Å²) in [5.74, 6) is -0.770. The minimum Gasteiger partial charge on any atom is -0.480 e. The Labute approximate surface area is 93.2 Å². The minimum atomic E-state index is -0.824. The molecule has 0 saturated heterocycles. The van der Waals surface area contributed by atoms with Crippen molar-refractivity contribution in [3.05, 3.63) is 22.1 Å². The van der Waals surface area contributed by atoms with Crippen molar-refractivity contribution in [2.75, 3.05) is 0 Å². The predicted octanol–water partition coefficient (Wildman–Crippen LogP) is 2.21. The van der Waals surface area contributed by atoms with E-state index in [4.69, 9.17) is 5.11 Å². The van der Waals surface area contributed by atoms with E-state index in [9.17, 15) is 4.79 Å². The molecule has 5 heteroatoms. The van der Waals surface area contributed by atoms with E-state index in [-0.39, 0.29) is 27.0 Å². The van der Waals surface area contributed by atoms with Crippen LogP contribution in [0, 0.1) is 5.92 Å². The van der Waals surface area contributed by atoms with Crippen LogP contribution in [-0.2, 0) is 4.79 Å².